The van der Waals surface area contributed by atoms with Crippen molar-refractivity contribution >= 4 is 21.6 Å². The van der Waals surface area contributed by atoms with E-state index in [1.165, 1.54) is 11.1 Å². The zero-order valence-electron chi connectivity index (χ0n) is 12.5. The number of hydrogen-bond donors (Lipinski definition) is 1. The van der Waals surface area contributed by atoms with Crippen LogP contribution >= 0.6 is 15.9 Å². The fourth-order valence-corrected chi connectivity index (χ4v) is 2.20. The van der Waals surface area contributed by atoms with Crippen LogP contribution in [0.4, 0.5) is 5.69 Å². The van der Waals surface area contributed by atoms with Gasteiger partial charge in [-0.15, -0.1) is 0 Å². The van der Waals surface area contributed by atoms with Gasteiger partial charge >= 0.3 is 0 Å². The van der Waals surface area contributed by atoms with Gasteiger partial charge in [0, 0.05) is 6.54 Å². The second-order valence-electron chi connectivity index (χ2n) is 6.13. The minimum absolute atomic E-state index is 0.207. The van der Waals surface area contributed by atoms with Gasteiger partial charge in [0.2, 0.25) is 0 Å². The summed E-state index contributed by atoms with van der Waals surface area (Å²) in [4.78, 5) is 4.29. The Hall–Kier alpha value is -1.35. The third-order valence-corrected chi connectivity index (χ3v) is 4.16. The summed E-state index contributed by atoms with van der Waals surface area (Å²) in [6.45, 7) is 9.55. The lowest BCUT2D eigenvalue weighted by atomic mass is 9.87. The average molecular weight is 333 g/mol. The molecule has 0 saturated carbocycles. The maximum Gasteiger partial charge on any atom is 0.109 e. The van der Waals surface area contributed by atoms with Crippen molar-refractivity contribution in [2.45, 2.75) is 39.7 Å². The van der Waals surface area contributed by atoms with Crippen LogP contribution in [0.15, 0.2) is 41.1 Å². The van der Waals surface area contributed by atoms with E-state index in [0.29, 0.717) is 0 Å². The number of nitrogens with one attached hydrogen (secondary N) is 1. The fraction of sp³-hybridized carbons (Fsp3) is 0.353. The molecule has 0 aliphatic rings. The second-order valence-corrected chi connectivity index (χ2v) is 6.88. The molecule has 2 rings (SSSR count). The minimum Gasteiger partial charge on any atom is -0.380 e. The van der Waals surface area contributed by atoms with Crippen molar-refractivity contribution in [1.82, 2.24) is 4.98 Å². The van der Waals surface area contributed by atoms with E-state index in [9.17, 15) is 0 Å². The fourth-order valence-electron chi connectivity index (χ4n) is 1.98. The Morgan fingerprint density at radius 2 is 1.80 bits per heavy atom. The van der Waals surface area contributed by atoms with Crippen molar-refractivity contribution < 1.29 is 0 Å². The minimum atomic E-state index is 0.207. The largest absolute Gasteiger partial charge is 0.380 e. The normalized spacial score (nSPS) is 11.4. The maximum atomic E-state index is 4.29. The zero-order valence-corrected chi connectivity index (χ0v) is 14.1. The molecule has 1 N–H and O–H groups in total. The van der Waals surface area contributed by atoms with Gasteiger partial charge < -0.3 is 5.32 Å². The predicted octanol–water partition coefficient (Wildman–Crippen LogP) is 5.06. The summed E-state index contributed by atoms with van der Waals surface area (Å²) in [5.41, 5.74) is 5.03. The molecular weight excluding hydrogens is 312 g/mol. The van der Waals surface area contributed by atoms with Crippen LogP contribution in [-0.2, 0) is 12.0 Å². The van der Waals surface area contributed by atoms with Gasteiger partial charge in [-0.2, -0.15) is 0 Å². The highest BCUT2D eigenvalue weighted by molar-refractivity contribution is 9.10. The number of aryl methyl sites for hydroxylation is 1. The van der Waals surface area contributed by atoms with Crippen molar-refractivity contribution in [3.05, 3.63) is 57.8 Å². The molecule has 20 heavy (non-hydrogen) atoms. The molecule has 0 fully saturated rings. The molecule has 1 aromatic heterocycles. The van der Waals surface area contributed by atoms with E-state index in [1.54, 1.807) is 0 Å². The van der Waals surface area contributed by atoms with Crippen LogP contribution in [0.3, 0.4) is 0 Å². The highest BCUT2D eigenvalue weighted by Gasteiger charge is 2.12. The van der Waals surface area contributed by atoms with Gasteiger partial charge in [0.25, 0.3) is 0 Å². The van der Waals surface area contributed by atoms with Gasteiger partial charge in [-0.05, 0) is 51.0 Å². The first kappa shape index (κ1) is 15.0. The van der Waals surface area contributed by atoms with Crippen LogP contribution < -0.4 is 5.32 Å². The number of halogens is 1. The molecule has 106 valence electrons. The topological polar surface area (TPSA) is 24.9 Å². The lowest BCUT2D eigenvalue weighted by molar-refractivity contribution is 0.590. The Morgan fingerprint density at radius 3 is 2.35 bits per heavy atom. The van der Waals surface area contributed by atoms with Gasteiger partial charge in [0.15, 0.2) is 0 Å². The van der Waals surface area contributed by atoms with E-state index < -0.39 is 0 Å². The van der Waals surface area contributed by atoms with Crippen molar-refractivity contribution in [3.63, 3.8) is 0 Å². The van der Waals surface area contributed by atoms with E-state index in [4.69, 9.17) is 0 Å². The molecule has 2 aromatic rings. The summed E-state index contributed by atoms with van der Waals surface area (Å²) in [5.74, 6) is 0. The third kappa shape index (κ3) is 3.83. The molecule has 0 aliphatic heterocycles. The quantitative estimate of drug-likeness (QED) is 0.794. The Balaban J connectivity index is 2.02. The molecule has 2 nitrogen and oxygen atoms in total. The number of benzene rings is 1. The van der Waals surface area contributed by atoms with Crippen molar-refractivity contribution in [2.24, 2.45) is 0 Å². The average Bonchev–Trinajstić information content (AvgIpc) is 2.40. The van der Waals surface area contributed by atoms with Gasteiger partial charge in [-0.1, -0.05) is 45.0 Å². The van der Waals surface area contributed by atoms with Crippen molar-refractivity contribution in [2.75, 3.05) is 5.32 Å². The van der Waals surface area contributed by atoms with Gasteiger partial charge in [0.05, 0.1) is 11.9 Å². The summed E-state index contributed by atoms with van der Waals surface area (Å²) < 4.78 is 0.901. The smallest absolute Gasteiger partial charge is 0.109 e. The number of anilines is 1. The number of aromatic nitrogens is 1. The van der Waals surface area contributed by atoms with Crippen LogP contribution in [0.5, 0.6) is 0 Å². The molecule has 0 atom stereocenters. The molecule has 0 unspecified atom stereocenters. The number of hydrogen-bond acceptors (Lipinski definition) is 2. The van der Waals surface area contributed by atoms with E-state index >= 15 is 0 Å². The first-order valence-corrected chi connectivity index (χ1v) is 7.61. The number of pyridine rings is 1. The lowest BCUT2D eigenvalue weighted by Crippen LogP contribution is -2.11. The summed E-state index contributed by atoms with van der Waals surface area (Å²) >= 11 is 3.41. The number of rotatable bonds is 3. The zero-order chi connectivity index (χ0) is 14.8. The van der Waals surface area contributed by atoms with E-state index in [2.05, 4.69) is 77.3 Å². The SMILES string of the molecule is Cc1cc(NCc2ccc(C(C)(C)C)cc2)cnc1Br. The molecule has 0 radical (unpaired) electrons. The van der Waals surface area contributed by atoms with Gasteiger partial charge in [-0.25, -0.2) is 4.98 Å². The van der Waals surface area contributed by atoms with Crippen LogP contribution in [0.1, 0.15) is 37.5 Å². The molecule has 1 aromatic carbocycles. The van der Waals surface area contributed by atoms with E-state index in [-0.39, 0.29) is 5.41 Å². The predicted molar refractivity (Wildman–Crippen MR) is 89.1 cm³/mol. The summed E-state index contributed by atoms with van der Waals surface area (Å²) in [7, 11) is 0. The molecule has 0 amide bonds. The third-order valence-electron chi connectivity index (χ3n) is 3.33. The Bertz CT molecular complexity index is 583. The Morgan fingerprint density at radius 1 is 1.15 bits per heavy atom. The molecule has 0 aliphatic carbocycles. The lowest BCUT2D eigenvalue weighted by Gasteiger charge is -2.19. The Labute approximate surface area is 129 Å². The number of nitrogens with zero attached hydrogens (tertiary/aromatic N) is 1. The maximum absolute atomic E-state index is 4.29. The highest BCUT2D eigenvalue weighted by atomic mass is 79.9. The van der Waals surface area contributed by atoms with Crippen molar-refractivity contribution in [3.8, 4) is 0 Å². The van der Waals surface area contributed by atoms with E-state index in [0.717, 1.165) is 22.4 Å². The van der Waals surface area contributed by atoms with Crippen LogP contribution in [-0.4, -0.2) is 4.98 Å². The molecular formula is C17H21BrN2. The van der Waals surface area contributed by atoms with Crippen molar-refractivity contribution in [1.29, 1.82) is 0 Å². The van der Waals surface area contributed by atoms with Gasteiger partial charge in [-0.3, -0.25) is 0 Å². The van der Waals surface area contributed by atoms with E-state index in [1.807, 2.05) is 13.1 Å². The second kappa shape index (κ2) is 5.96. The van der Waals surface area contributed by atoms with Gasteiger partial charge in [0.1, 0.15) is 4.60 Å². The highest BCUT2D eigenvalue weighted by Crippen LogP contribution is 2.22. The van der Waals surface area contributed by atoms with Crippen LogP contribution in [0, 0.1) is 6.92 Å². The molecule has 0 saturated heterocycles. The molecule has 3 heteroatoms. The molecule has 1 heterocycles. The molecule has 0 spiro atoms. The standard InChI is InChI=1S/C17H21BrN2/c1-12-9-15(11-20-16(12)18)19-10-13-5-7-14(8-6-13)17(2,3)4/h5-9,11,19H,10H2,1-4H3. The summed E-state index contributed by atoms with van der Waals surface area (Å²) in [6, 6.07) is 10.9. The first-order chi connectivity index (χ1) is 9.36. The summed E-state index contributed by atoms with van der Waals surface area (Å²) in [6.07, 6.45) is 1.85. The monoisotopic (exact) mass is 332 g/mol. The molecule has 0 bridgehead atoms. The Kier molecular flexibility index (Phi) is 4.48. The first-order valence-electron chi connectivity index (χ1n) is 6.82. The van der Waals surface area contributed by atoms with Crippen LogP contribution in [0.25, 0.3) is 0 Å². The van der Waals surface area contributed by atoms with Crippen LogP contribution in [0.2, 0.25) is 0 Å². The summed E-state index contributed by atoms with van der Waals surface area (Å²) in [5, 5.41) is 3.40.